The van der Waals surface area contributed by atoms with Crippen molar-refractivity contribution >= 4 is 39.1 Å². The van der Waals surface area contributed by atoms with Crippen molar-refractivity contribution in [1.29, 1.82) is 0 Å². The van der Waals surface area contributed by atoms with E-state index in [1.54, 1.807) is 12.1 Å². The van der Waals surface area contributed by atoms with E-state index in [0.29, 0.717) is 17.5 Å². The maximum atomic E-state index is 13.2. The predicted molar refractivity (Wildman–Crippen MR) is 91.7 cm³/mol. The van der Waals surface area contributed by atoms with Gasteiger partial charge in [-0.05, 0) is 58.7 Å². The van der Waals surface area contributed by atoms with Gasteiger partial charge in [0.25, 0.3) is 0 Å². The molecule has 1 aromatic heterocycles. The molecule has 7 heteroatoms. The first-order valence-corrected chi connectivity index (χ1v) is 7.65. The average Bonchev–Trinajstić information content (AvgIpc) is 2.51. The molecule has 0 saturated heterocycles. The van der Waals surface area contributed by atoms with E-state index in [2.05, 4.69) is 41.7 Å². The zero-order valence-corrected chi connectivity index (χ0v) is 13.8. The standard InChI is InChI=1S/C16H13BrFN5/c1-10-5-6-14(13(17)7-10)21-16-22-15(9-19-23-16)20-12-4-2-3-11(18)8-12/h2-9H,1H3,(H2,20,21,22,23). The molecule has 3 aromatic rings. The second kappa shape index (κ2) is 6.70. The van der Waals surface area contributed by atoms with E-state index in [0.717, 1.165) is 15.7 Å². The molecule has 3 rings (SSSR count). The second-order valence-electron chi connectivity index (χ2n) is 4.91. The van der Waals surface area contributed by atoms with E-state index in [-0.39, 0.29) is 5.82 Å². The molecule has 0 bridgehead atoms. The largest absolute Gasteiger partial charge is 0.339 e. The smallest absolute Gasteiger partial charge is 0.249 e. The summed E-state index contributed by atoms with van der Waals surface area (Å²) in [6.45, 7) is 2.01. The molecule has 0 radical (unpaired) electrons. The first-order chi connectivity index (χ1) is 11.1. The van der Waals surface area contributed by atoms with Crippen LogP contribution in [0.5, 0.6) is 0 Å². The van der Waals surface area contributed by atoms with Gasteiger partial charge in [0, 0.05) is 10.2 Å². The number of hydrogen-bond donors (Lipinski definition) is 2. The lowest BCUT2D eigenvalue weighted by Gasteiger charge is -2.09. The zero-order valence-electron chi connectivity index (χ0n) is 12.2. The van der Waals surface area contributed by atoms with Crippen LogP contribution < -0.4 is 10.6 Å². The normalized spacial score (nSPS) is 10.4. The van der Waals surface area contributed by atoms with Gasteiger partial charge >= 0.3 is 0 Å². The van der Waals surface area contributed by atoms with Crippen LogP contribution in [0.2, 0.25) is 0 Å². The summed E-state index contributed by atoms with van der Waals surface area (Å²) in [7, 11) is 0. The number of nitrogens with one attached hydrogen (secondary N) is 2. The average molecular weight is 374 g/mol. The van der Waals surface area contributed by atoms with Crippen molar-refractivity contribution in [3.8, 4) is 0 Å². The van der Waals surface area contributed by atoms with Gasteiger partial charge in [-0.1, -0.05) is 12.1 Å². The highest BCUT2D eigenvalue weighted by atomic mass is 79.9. The Balaban J connectivity index is 1.79. The Kier molecular flexibility index (Phi) is 4.47. The molecule has 0 saturated carbocycles. The molecule has 23 heavy (non-hydrogen) atoms. The fraction of sp³-hybridized carbons (Fsp3) is 0.0625. The Morgan fingerprint density at radius 3 is 2.74 bits per heavy atom. The number of rotatable bonds is 4. The minimum absolute atomic E-state index is 0.320. The molecule has 0 aliphatic heterocycles. The van der Waals surface area contributed by atoms with Crippen molar-refractivity contribution < 1.29 is 4.39 Å². The molecule has 0 atom stereocenters. The lowest BCUT2D eigenvalue weighted by atomic mass is 10.2. The van der Waals surface area contributed by atoms with Gasteiger partial charge in [-0.25, -0.2) is 4.39 Å². The van der Waals surface area contributed by atoms with Gasteiger partial charge in [0.15, 0.2) is 5.82 Å². The van der Waals surface area contributed by atoms with Gasteiger partial charge in [0.05, 0.1) is 11.9 Å². The number of nitrogens with zero attached hydrogens (tertiary/aromatic N) is 3. The van der Waals surface area contributed by atoms with E-state index in [4.69, 9.17) is 0 Å². The summed E-state index contributed by atoms with van der Waals surface area (Å²) in [5, 5.41) is 13.9. The lowest BCUT2D eigenvalue weighted by molar-refractivity contribution is 0.628. The number of benzene rings is 2. The molecule has 2 N–H and O–H groups in total. The summed E-state index contributed by atoms with van der Waals surface area (Å²) in [5.41, 5.74) is 2.57. The highest BCUT2D eigenvalue weighted by Gasteiger charge is 2.05. The van der Waals surface area contributed by atoms with Crippen LogP contribution in [0.4, 0.5) is 27.5 Å². The van der Waals surface area contributed by atoms with Crippen molar-refractivity contribution in [2.75, 3.05) is 10.6 Å². The topological polar surface area (TPSA) is 62.7 Å². The Morgan fingerprint density at radius 2 is 1.96 bits per heavy atom. The van der Waals surface area contributed by atoms with Crippen LogP contribution in [0.25, 0.3) is 0 Å². The van der Waals surface area contributed by atoms with Gasteiger partial charge in [-0.2, -0.15) is 10.1 Å². The zero-order chi connectivity index (χ0) is 16.2. The first kappa shape index (κ1) is 15.4. The Bertz CT molecular complexity index is 840. The molecule has 0 aliphatic rings. The van der Waals surface area contributed by atoms with Crippen LogP contribution in [0.3, 0.4) is 0 Å². The monoisotopic (exact) mass is 373 g/mol. The van der Waals surface area contributed by atoms with E-state index in [1.165, 1.54) is 18.3 Å². The molecule has 5 nitrogen and oxygen atoms in total. The number of aromatic nitrogens is 3. The molecule has 116 valence electrons. The van der Waals surface area contributed by atoms with Crippen LogP contribution in [0.1, 0.15) is 5.56 Å². The van der Waals surface area contributed by atoms with Crippen LogP contribution in [-0.2, 0) is 0 Å². The van der Waals surface area contributed by atoms with Crippen molar-refractivity contribution in [3.63, 3.8) is 0 Å². The molecule has 0 fully saturated rings. The van der Waals surface area contributed by atoms with Crippen LogP contribution in [0, 0.1) is 12.7 Å². The van der Waals surface area contributed by atoms with Crippen molar-refractivity contribution in [2.45, 2.75) is 6.92 Å². The lowest BCUT2D eigenvalue weighted by Crippen LogP contribution is -2.03. The Morgan fingerprint density at radius 1 is 1.09 bits per heavy atom. The molecule has 2 aromatic carbocycles. The third-order valence-electron chi connectivity index (χ3n) is 3.03. The molecule has 0 aliphatic carbocycles. The van der Waals surface area contributed by atoms with Crippen LogP contribution >= 0.6 is 15.9 Å². The quantitative estimate of drug-likeness (QED) is 0.701. The van der Waals surface area contributed by atoms with Crippen molar-refractivity contribution in [2.24, 2.45) is 0 Å². The molecular formula is C16H13BrFN5. The van der Waals surface area contributed by atoms with Gasteiger partial charge in [0.2, 0.25) is 5.95 Å². The third-order valence-corrected chi connectivity index (χ3v) is 3.68. The summed E-state index contributed by atoms with van der Waals surface area (Å²) in [6, 6.07) is 12.0. The highest BCUT2D eigenvalue weighted by molar-refractivity contribution is 9.10. The SMILES string of the molecule is Cc1ccc(Nc2nncc(Nc3cccc(F)c3)n2)c(Br)c1. The number of anilines is 4. The molecule has 0 amide bonds. The van der Waals surface area contributed by atoms with E-state index in [1.807, 2.05) is 25.1 Å². The maximum Gasteiger partial charge on any atom is 0.249 e. The fourth-order valence-corrected chi connectivity index (χ4v) is 2.57. The molecular weight excluding hydrogens is 361 g/mol. The molecule has 0 unspecified atom stereocenters. The molecule has 1 heterocycles. The maximum absolute atomic E-state index is 13.2. The van der Waals surface area contributed by atoms with Gasteiger partial charge in [-0.15, -0.1) is 5.10 Å². The summed E-state index contributed by atoms with van der Waals surface area (Å²) in [6.07, 6.45) is 1.47. The molecule has 0 spiro atoms. The van der Waals surface area contributed by atoms with Crippen LogP contribution in [-0.4, -0.2) is 15.2 Å². The summed E-state index contributed by atoms with van der Waals surface area (Å²) in [4.78, 5) is 4.32. The van der Waals surface area contributed by atoms with Gasteiger partial charge < -0.3 is 10.6 Å². The number of halogens is 2. The second-order valence-corrected chi connectivity index (χ2v) is 5.76. The van der Waals surface area contributed by atoms with Gasteiger partial charge in [-0.3, -0.25) is 0 Å². The summed E-state index contributed by atoms with van der Waals surface area (Å²) < 4.78 is 14.1. The van der Waals surface area contributed by atoms with Gasteiger partial charge in [0.1, 0.15) is 5.82 Å². The Hall–Kier alpha value is -2.54. The Labute approximate surface area is 141 Å². The predicted octanol–water partition coefficient (Wildman–Crippen LogP) is 4.57. The number of hydrogen-bond acceptors (Lipinski definition) is 5. The minimum atomic E-state index is -0.320. The minimum Gasteiger partial charge on any atom is -0.339 e. The van der Waals surface area contributed by atoms with E-state index >= 15 is 0 Å². The van der Waals surface area contributed by atoms with E-state index in [9.17, 15) is 4.39 Å². The first-order valence-electron chi connectivity index (χ1n) is 6.86. The fourth-order valence-electron chi connectivity index (χ4n) is 1.97. The number of aryl methyl sites for hydroxylation is 1. The van der Waals surface area contributed by atoms with Crippen molar-refractivity contribution in [3.05, 3.63) is 64.5 Å². The van der Waals surface area contributed by atoms with Crippen molar-refractivity contribution in [1.82, 2.24) is 15.2 Å². The summed E-state index contributed by atoms with van der Waals surface area (Å²) >= 11 is 3.49. The highest BCUT2D eigenvalue weighted by Crippen LogP contribution is 2.25. The summed E-state index contributed by atoms with van der Waals surface area (Å²) in [5.74, 6) is 0.492. The third kappa shape index (κ3) is 4.01. The van der Waals surface area contributed by atoms with Crippen LogP contribution in [0.15, 0.2) is 53.1 Å². The van der Waals surface area contributed by atoms with E-state index < -0.39 is 0 Å².